The van der Waals surface area contributed by atoms with Gasteiger partial charge >= 0.3 is 5.97 Å². The van der Waals surface area contributed by atoms with Crippen molar-refractivity contribution in [1.82, 2.24) is 9.55 Å². The molecule has 0 unspecified atom stereocenters. The molecule has 0 aromatic carbocycles. The van der Waals surface area contributed by atoms with E-state index in [1.54, 1.807) is 19.3 Å². The summed E-state index contributed by atoms with van der Waals surface area (Å²) < 4.78 is 6.67. The quantitative estimate of drug-likeness (QED) is 0.538. The molecule has 0 atom stereocenters. The number of esters is 1. The van der Waals surface area contributed by atoms with Crippen LogP contribution in [0.1, 0.15) is 19.5 Å². The van der Waals surface area contributed by atoms with E-state index in [4.69, 9.17) is 4.74 Å². The Labute approximate surface area is 83.2 Å². The van der Waals surface area contributed by atoms with Gasteiger partial charge in [0, 0.05) is 18.8 Å². The van der Waals surface area contributed by atoms with Crippen molar-refractivity contribution in [3.8, 4) is 0 Å². The smallest absolute Gasteiger partial charge is 0.330 e. The van der Waals surface area contributed by atoms with Crippen molar-refractivity contribution in [2.24, 2.45) is 0 Å². The van der Waals surface area contributed by atoms with Crippen LogP contribution in [-0.4, -0.2) is 22.1 Å². The van der Waals surface area contributed by atoms with Crippen LogP contribution in [0.15, 0.2) is 18.6 Å². The molecule has 1 aromatic rings. The van der Waals surface area contributed by atoms with Gasteiger partial charge in [-0.25, -0.2) is 9.78 Å². The molecule has 0 fully saturated rings. The van der Waals surface area contributed by atoms with Crippen LogP contribution in [0.5, 0.6) is 0 Å². The second-order valence-corrected chi connectivity index (χ2v) is 2.71. The van der Waals surface area contributed by atoms with Crippen molar-refractivity contribution in [2.75, 3.05) is 6.61 Å². The Hall–Kier alpha value is -1.58. The minimum atomic E-state index is -0.335. The third kappa shape index (κ3) is 3.05. The third-order valence-corrected chi connectivity index (χ3v) is 1.70. The van der Waals surface area contributed by atoms with Crippen LogP contribution in [-0.2, 0) is 16.1 Å². The maximum absolute atomic E-state index is 10.9. The maximum Gasteiger partial charge on any atom is 0.330 e. The Morgan fingerprint density at radius 1 is 1.64 bits per heavy atom. The number of aromatic nitrogens is 2. The fraction of sp³-hybridized carbons (Fsp3) is 0.400. The first-order chi connectivity index (χ1) is 6.76. The van der Waals surface area contributed by atoms with E-state index >= 15 is 0 Å². The molecular weight excluding hydrogens is 180 g/mol. The van der Waals surface area contributed by atoms with E-state index in [2.05, 4.69) is 4.98 Å². The molecule has 4 nitrogen and oxygen atoms in total. The van der Waals surface area contributed by atoms with Gasteiger partial charge in [0.15, 0.2) is 0 Å². The van der Waals surface area contributed by atoms with Crippen LogP contribution in [0, 0.1) is 0 Å². The molecule has 0 saturated carbocycles. The molecule has 1 rings (SSSR count). The molecular formula is C10H14N2O2. The summed E-state index contributed by atoms with van der Waals surface area (Å²) in [5.74, 6) is -0.335. The number of hydrogen-bond acceptors (Lipinski definition) is 3. The monoisotopic (exact) mass is 194 g/mol. The van der Waals surface area contributed by atoms with Gasteiger partial charge in [-0.05, 0) is 19.9 Å². The van der Waals surface area contributed by atoms with Crippen LogP contribution in [0.25, 0.3) is 6.08 Å². The highest BCUT2D eigenvalue weighted by Crippen LogP contribution is 1.99. The molecule has 0 aliphatic rings. The minimum absolute atomic E-state index is 0.335. The fourth-order valence-corrected chi connectivity index (χ4v) is 0.980. The third-order valence-electron chi connectivity index (χ3n) is 1.70. The number of carbonyl (C=O) groups is 1. The van der Waals surface area contributed by atoms with E-state index < -0.39 is 0 Å². The van der Waals surface area contributed by atoms with Crippen LogP contribution in [0.2, 0.25) is 0 Å². The summed E-state index contributed by atoms with van der Waals surface area (Å²) in [5, 5.41) is 0. The number of nitrogens with zero attached hydrogens (tertiary/aromatic N) is 2. The average Bonchev–Trinajstić information content (AvgIpc) is 2.63. The maximum atomic E-state index is 10.9. The molecule has 0 aliphatic heterocycles. The zero-order chi connectivity index (χ0) is 10.4. The number of rotatable bonds is 4. The predicted octanol–water partition coefficient (Wildman–Crippen LogP) is 1.48. The van der Waals surface area contributed by atoms with Crippen LogP contribution in [0.4, 0.5) is 0 Å². The Morgan fingerprint density at radius 3 is 3.00 bits per heavy atom. The van der Waals surface area contributed by atoms with Crippen molar-refractivity contribution < 1.29 is 9.53 Å². The van der Waals surface area contributed by atoms with Crippen molar-refractivity contribution in [2.45, 2.75) is 20.4 Å². The van der Waals surface area contributed by atoms with Gasteiger partial charge in [0.25, 0.3) is 0 Å². The number of ether oxygens (including phenoxy) is 1. The summed E-state index contributed by atoms with van der Waals surface area (Å²) in [6, 6.07) is 0. The summed E-state index contributed by atoms with van der Waals surface area (Å²) in [5.41, 5.74) is 0.764. The summed E-state index contributed by atoms with van der Waals surface area (Å²) in [7, 11) is 0. The Kier molecular flexibility index (Phi) is 3.91. The van der Waals surface area contributed by atoms with E-state index in [-0.39, 0.29) is 5.97 Å². The average molecular weight is 194 g/mol. The molecule has 0 radical (unpaired) electrons. The van der Waals surface area contributed by atoms with E-state index in [0.29, 0.717) is 6.61 Å². The van der Waals surface area contributed by atoms with Gasteiger partial charge in [-0.2, -0.15) is 0 Å². The zero-order valence-corrected chi connectivity index (χ0v) is 8.43. The standard InChI is InChI=1S/C10H14N2O2/c1-3-12-7-9(11-8-12)5-6-10(13)14-4-2/h5-8H,3-4H2,1-2H3. The molecule has 14 heavy (non-hydrogen) atoms. The molecule has 4 heteroatoms. The van der Waals surface area contributed by atoms with E-state index in [9.17, 15) is 4.79 Å². The first-order valence-corrected chi connectivity index (χ1v) is 4.62. The lowest BCUT2D eigenvalue weighted by molar-refractivity contribution is -0.137. The SMILES string of the molecule is CCOC(=O)C=Cc1cn(CC)cn1. The second kappa shape index (κ2) is 5.21. The van der Waals surface area contributed by atoms with Gasteiger partial charge in [-0.15, -0.1) is 0 Å². The van der Waals surface area contributed by atoms with Crippen LogP contribution >= 0.6 is 0 Å². The first-order valence-electron chi connectivity index (χ1n) is 4.62. The largest absolute Gasteiger partial charge is 0.463 e. The highest BCUT2D eigenvalue weighted by molar-refractivity contribution is 5.86. The number of hydrogen-bond donors (Lipinski definition) is 0. The normalized spacial score (nSPS) is 10.7. The fourth-order valence-electron chi connectivity index (χ4n) is 0.980. The van der Waals surface area contributed by atoms with Crippen molar-refractivity contribution in [1.29, 1.82) is 0 Å². The first kappa shape index (κ1) is 10.5. The van der Waals surface area contributed by atoms with Gasteiger partial charge in [-0.1, -0.05) is 0 Å². The minimum Gasteiger partial charge on any atom is -0.463 e. The van der Waals surface area contributed by atoms with Crippen LogP contribution in [0.3, 0.4) is 0 Å². The molecule has 0 bridgehead atoms. The Balaban J connectivity index is 2.55. The lowest BCUT2D eigenvalue weighted by Gasteiger charge is -1.93. The Bertz CT molecular complexity index is 329. The predicted molar refractivity (Wildman–Crippen MR) is 53.6 cm³/mol. The molecule has 76 valence electrons. The second-order valence-electron chi connectivity index (χ2n) is 2.71. The van der Waals surface area contributed by atoms with Gasteiger partial charge in [-0.3, -0.25) is 0 Å². The summed E-state index contributed by atoms with van der Waals surface area (Å²) in [4.78, 5) is 15.0. The summed E-state index contributed by atoms with van der Waals surface area (Å²) in [6.45, 7) is 5.07. The molecule has 0 N–H and O–H groups in total. The van der Waals surface area contributed by atoms with Crippen molar-refractivity contribution >= 4 is 12.0 Å². The molecule has 0 spiro atoms. The Morgan fingerprint density at radius 2 is 2.43 bits per heavy atom. The summed E-state index contributed by atoms with van der Waals surface area (Å²) in [6.07, 6.45) is 6.62. The van der Waals surface area contributed by atoms with Gasteiger partial charge < -0.3 is 9.30 Å². The lowest BCUT2D eigenvalue weighted by atomic mass is 10.4. The molecule has 1 heterocycles. The highest BCUT2D eigenvalue weighted by atomic mass is 16.5. The molecule has 0 aliphatic carbocycles. The van der Waals surface area contributed by atoms with Crippen LogP contribution < -0.4 is 0 Å². The molecule has 0 saturated heterocycles. The van der Waals surface area contributed by atoms with E-state index in [1.807, 2.05) is 17.7 Å². The van der Waals surface area contributed by atoms with E-state index in [0.717, 1.165) is 12.2 Å². The number of imidazole rings is 1. The van der Waals surface area contributed by atoms with Gasteiger partial charge in [0.2, 0.25) is 0 Å². The number of aryl methyl sites for hydroxylation is 1. The number of carbonyl (C=O) groups excluding carboxylic acids is 1. The van der Waals surface area contributed by atoms with E-state index in [1.165, 1.54) is 6.08 Å². The molecule has 0 amide bonds. The summed E-state index contributed by atoms with van der Waals surface area (Å²) >= 11 is 0. The lowest BCUT2D eigenvalue weighted by Crippen LogP contribution is -1.98. The van der Waals surface area contributed by atoms with Gasteiger partial charge in [0.1, 0.15) is 0 Å². The topological polar surface area (TPSA) is 44.1 Å². The molecule has 1 aromatic heterocycles. The van der Waals surface area contributed by atoms with Crippen molar-refractivity contribution in [3.05, 3.63) is 24.3 Å². The van der Waals surface area contributed by atoms with Gasteiger partial charge in [0.05, 0.1) is 18.6 Å². The zero-order valence-electron chi connectivity index (χ0n) is 8.43. The highest BCUT2D eigenvalue weighted by Gasteiger charge is 1.96. The van der Waals surface area contributed by atoms with Crippen molar-refractivity contribution in [3.63, 3.8) is 0 Å².